The molecular weight excluding hydrogens is 583 g/mol. The van der Waals surface area contributed by atoms with Gasteiger partial charge in [0.25, 0.3) is 5.91 Å². The number of oxazole rings is 1. The number of amides is 1. The summed E-state index contributed by atoms with van der Waals surface area (Å²) in [6.07, 6.45) is 0.808. The van der Waals surface area contributed by atoms with Crippen molar-refractivity contribution in [3.05, 3.63) is 123 Å². The maximum absolute atomic E-state index is 13.2. The van der Waals surface area contributed by atoms with Gasteiger partial charge >= 0.3 is 5.97 Å². The molecule has 0 aliphatic heterocycles. The largest absolute Gasteiger partial charge is 0.493 e. The van der Waals surface area contributed by atoms with Crippen molar-refractivity contribution in [2.24, 2.45) is 0 Å². The molecule has 3 aromatic carbocycles. The second kappa shape index (κ2) is 14.5. The number of benzene rings is 3. The van der Waals surface area contributed by atoms with Crippen LogP contribution in [0.3, 0.4) is 0 Å². The number of hydrogen-bond donors (Lipinski definition) is 2. The fraction of sp³-hybridized carbons (Fsp3) is 0.206. The van der Waals surface area contributed by atoms with E-state index in [9.17, 15) is 19.1 Å². The van der Waals surface area contributed by atoms with Crippen LogP contribution in [0.25, 0.3) is 11.5 Å². The summed E-state index contributed by atoms with van der Waals surface area (Å²) in [6, 6.07) is 22.8. The first-order valence-electron chi connectivity index (χ1n) is 14.1. The fourth-order valence-corrected chi connectivity index (χ4v) is 5.30. The highest BCUT2D eigenvalue weighted by atomic mass is 32.1. The van der Waals surface area contributed by atoms with Crippen LogP contribution in [0, 0.1) is 12.7 Å². The molecule has 5 aromatic rings. The Morgan fingerprint density at radius 1 is 0.977 bits per heavy atom. The molecule has 0 spiro atoms. The number of nitrogens with zero attached hydrogens (tertiary/aromatic N) is 1. The Bertz CT molecular complexity index is 1720. The third kappa shape index (κ3) is 8.11. The van der Waals surface area contributed by atoms with Crippen LogP contribution in [0.5, 0.6) is 11.5 Å². The Morgan fingerprint density at radius 2 is 1.77 bits per heavy atom. The lowest BCUT2D eigenvalue weighted by Crippen LogP contribution is -2.23. The summed E-state index contributed by atoms with van der Waals surface area (Å²) in [5.74, 6) is 0.767. The Kier molecular flexibility index (Phi) is 10.0. The van der Waals surface area contributed by atoms with Crippen molar-refractivity contribution in [3.8, 4) is 23.0 Å². The van der Waals surface area contributed by atoms with Crippen LogP contribution in [0.2, 0.25) is 0 Å². The second-order valence-electron chi connectivity index (χ2n) is 10.0. The Labute approximate surface area is 258 Å². The van der Waals surface area contributed by atoms with Crippen molar-refractivity contribution in [2.75, 3.05) is 6.61 Å². The quantitative estimate of drug-likeness (QED) is 0.139. The number of hydrogen-bond acceptors (Lipinski definition) is 7. The molecule has 0 radical (unpaired) electrons. The minimum atomic E-state index is -0.903. The summed E-state index contributed by atoms with van der Waals surface area (Å²) >= 11 is 1.25. The zero-order valence-corrected chi connectivity index (χ0v) is 24.9. The number of thiophene rings is 1. The van der Waals surface area contributed by atoms with Gasteiger partial charge in [-0.25, -0.2) is 9.37 Å². The van der Waals surface area contributed by atoms with Gasteiger partial charge in [0, 0.05) is 24.9 Å². The van der Waals surface area contributed by atoms with Crippen molar-refractivity contribution in [3.63, 3.8) is 0 Å². The van der Waals surface area contributed by atoms with Gasteiger partial charge in [0.1, 0.15) is 34.6 Å². The first kappa shape index (κ1) is 30.5. The molecule has 0 unspecified atom stereocenters. The molecule has 8 nitrogen and oxygen atoms in total. The van der Waals surface area contributed by atoms with E-state index in [0.29, 0.717) is 41.7 Å². The van der Waals surface area contributed by atoms with E-state index in [-0.39, 0.29) is 31.3 Å². The molecule has 0 atom stereocenters. The van der Waals surface area contributed by atoms with Gasteiger partial charge in [-0.05, 0) is 77.9 Å². The molecule has 2 N–H and O–H groups in total. The molecule has 44 heavy (non-hydrogen) atoms. The molecule has 0 saturated heterocycles. The Hall–Kier alpha value is -4.96. The van der Waals surface area contributed by atoms with E-state index in [0.717, 1.165) is 33.7 Å². The molecule has 10 heteroatoms. The normalized spacial score (nSPS) is 10.9. The monoisotopic (exact) mass is 614 g/mol. The minimum Gasteiger partial charge on any atom is -0.493 e. The van der Waals surface area contributed by atoms with E-state index < -0.39 is 5.97 Å². The van der Waals surface area contributed by atoms with Crippen molar-refractivity contribution < 1.29 is 33.0 Å². The predicted molar refractivity (Wildman–Crippen MR) is 164 cm³/mol. The van der Waals surface area contributed by atoms with Crippen LogP contribution < -0.4 is 14.8 Å². The molecule has 2 aromatic heterocycles. The molecule has 0 fully saturated rings. The van der Waals surface area contributed by atoms with Gasteiger partial charge in [-0.2, -0.15) is 0 Å². The minimum absolute atomic E-state index is 0.0391. The molecule has 0 aliphatic carbocycles. The number of aliphatic carboxylic acids is 1. The molecular formula is C34H31FN2O6S. The lowest BCUT2D eigenvalue weighted by Gasteiger charge is -2.14. The van der Waals surface area contributed by atoms with Crippen LogP contribution in [0.15, 0.2) is 88.7 Å². The fourth-order valence-electron chi connectivity index (χ4n) is 4.55. The van der Waals surface area contributed by atoms with Crippen LogP contribution in [0.1, 0.15) is 44.2 Å². The van der Waals surface area contributed by atoms with E-state index in [1.54, 1.807) is 29.6 Å². The average molecular weight is 615 g/mol. The molecule has 1 amide bonds. The zero-order chi connectivity index (χ0) is 30.9. The number of aryl methyl sites for hydroxylation is 2. The second-order valence-corrected chi connectivity index (χ2v) is 10.9. The van der Waals surface area contributed by atoms with Crippen LogP contribution in [0.4, 0.5) is 4.39 Å². The van der Waals surface area contributed by atoms with Crippen molar-refractivity contribution in [2.45, 2.75) is 39.3 Å². The van der Waals surface area contributed by atoms with Crippen molar-refractivity contribution in [1.82, 2.24) is 10.3 Å². The molecule has 5 rings (SSSR count). The van der Waals surface area contributed by atoms with Gasteiger partial charge in [0.05, 0.1) is 12.3 Å². The smallest absolute Gasteiger partial charge is 0.303 e. The number of carbonyl (C=O) groups excluding carboxylic acids is 1. The Morgan fingerprint density at radius 3 is 2.55 bits per heavy atom. The molecule has 226 valence electrons. The first-order chi connectivity index (χ1) is 21.4. The maximum atomic E-state index is 13.2. The van der Waals surface area contributed by atoms with Gasteiger partial charge in [0.2, 0.25) is 5.89 Å². The third-order valence-electron chi connectivity index (χ3n) is 6.89. The van der Waals surface area contributed by atoms with E-state index >= 15 is 0 Å². The lowest BCUT2D eigenvalue weighted by atomic mass is 10.0. The first-order valence-corrected chi connectivity index (χ1v) is 14.9. The number of nitrogens with one attached hydrogen (secondary N) is 1. The van der Waals surface area contributed by atoms with Gasteiger partial charge in [-0.3, -0.25) is 9.59 Å². The highest BCUT2D eigenvalue weighted by Gasteiger charge is 2.17. The van der Waals surface area contributed by atoms with Crippen LogP contribution in [-0.4, -0.2) is 28.6 Å². The number of carbonyl (C=O) groups is 2. The number of halogens is 1. The van der Waals surface area contributed by atoms with Gasteiger partial charge in [0.15, 0.2) is 0 Å². The van der Waals surface area contributed by atoms with Gasteiger partial charge < -0.3 is 24.3 Å². The molecule has 2 heterocycles. The van der Waals surface area contributed by atoms with Gasteiger partial charge in [-0.15, -0.1) is 11.3 Å². The number of aromatic nitrogens is 1. The van der Waals surface area contributed by atoms with E-state index in [4.69, 9.17) is 13.9 Å². The Balaban J connectivity index is 1.22. The SMILES string of the molecule is Cc1oc(-c2ccccc2)nc1CCOc1ccc(CCC(=O)O)c(CNC(=O)c2sccc2OCc2ccc(F)cc2)c1. The van der Waals surface area contributed by atoms with E-state index in [1.807, 2.05) is 49.4 Å². The highest BCUT2D eigenvalue weighted by molar-refractivity contribution is 7.12. The summed E-state index contributed by atoms with van der Waals surface area (Å²) in [6.45, 7) is 2.59. The van der Waals surface area contributed by atoms with E-state index in [2.05, 4.69) is 10.3 Å². The van der Waals surface area contributed by atoms with Crippen LogP contribution in [-0.2, 0) is 30.8 Å². The standard InChI is InChI=1S/C34H31FN2O6S/c1-22-29(37-34(43-22)25-5-3-2-4-6-25)15-17-41-28-13-9-24(10-14-31(38)39)26(19-28)20-36-33(40)32-30(16-18-44-32)42-21-23-7-11-27(35)12-8-23/h2-9,11-13,16,18-19H,10,14-15,17,20-21H2,1H3,(H,36,40)(H,38,39). The topological polar surface area (TPSA) is 111 Å². The van der Waals surface area contributed by atoms with Crippen molar-refractivity contribution in [1.29, 1.82) is 0 Å². The average Bonchev–Trinajstić information content (AvgIpc) is 3.66. The zero-order valence-electron chi connectivity index (χ0n) is 24.0. The summed E-state index contributed by atoms with van der Waals surface area (Å²) < 4.78 is 30.9. The summed E-state index contributed by atoms with van der Waals surface area (Å²) in [5, 5.41) is 13.9. The summed E-state index contributed by atoms with van der Waals surface area (Å²) in [4.78, 5) is 29.4. The van der Waals surface area contributed by atoms with E-state index in [1.165, 1.54) is 23.5 Å². The lowest BCUT2D eigenvalue weighted by molar-refractivity contribution is -0.136. The number of rotatable bonds is 14. The number of ether oxygens (including phenoxy) is 2. The third-order valence-corrected chi connectivity index (χ3v) is 7.78. The highest BCUT2D eigenvalue weighted by Crippen LogP contribution is 2.27. The number of carboxylic acid groups (broad SMARTS) is 1. The summed E-state index contributed by atoms with van der Waals surface area (Å²) in [7, 11) is 0. The number of carboxylic acids is 1. The maximum Gasteiger partial charge on any atom is 0.303 e. The summed E-state index contributed by atoms with van der Waals surface area (Å²) in [5.41, 5.74) is 4.05. The van der Waals surface area contributed by atoms with Crippen LogP contribution >= 0.6 is 11.3 Å². The van der Waals surface area contributed by atoms with Crippen molar-refractivity contribution >= 4 is 23.2 Å². The van der Waals surface area contributed by atoms with Gasteiger partial charge in [-0.1, -0.05) is 36.4 Å². The molecule has 0 aliphatic rings. The predicted octanol–water partition coefficient (Wildman–Crippen LogP) is 7.00. The molecule has 0 bridgehead atoms. The molecule has 0 saturated carbocycles.